The van der Waals surface area contributed by atoms with Crippen LogP contribution in [-0.4, -0.2) is 79.3 Å². The van der Waals surface area contributed by atoms with Crippen LogP contribution in [0, 0.1) is 11.8 Å². The molecular formula is C30H36F4N4O3S. The number of nitrogens with one attached hydrogen (secondary N) is 2. The normalized spacial score (nSPS) is 15.3. The van der Waals surface area contributed by atoms with E-state index in [-0.39, 0.29) is 24.0 Å². The Balaban J connectivity index is 1.51. The van der Waals surface area contributed by atoms with Gasteiger partial charge in [0, 0.05) is 56.5 Å². The van der Waals surface area contributed by atoms with Crippen LogP contribution in [0.25, 0.3) is 10.9 Å². The van der Waals surface area contributed by atoms with Crippen LogP contribution in [0.1, 0.15) is 25.0 Å². The summed E-state index contributed by atoms with van der Waals surface area (Å²) >= 11 is -1.28. The molecule has 0 spiro atoms. The molecule has 3 aromatic rings. The number of nitrogens with zero attached hydrogens (tertiary/aromatic N) is 2. The molecule has 0 amide bonds. The standard InChI is InChI=1S/C30H36F4N4O3S/c1-40-17-5-14-37-15-11-22(12-16-37)36-26-7-3-8-28-25(26)18-23(38(28)20-30(32,33)34)6-4-13-35-27-10-9-24(42(2)39)19-29(27)41-21-31/h3,7-10,18-19,22,35-36H,5,11-17,20-21H2,1-2H3. The Bertz CT molecular complexity index is 1380. The van der Waals surface area contributed by atoms with E-state index in [4.69, 9.17) is 9.47 Å². The fourth-order valence-electron chi connectivity index (χ4n) is 5.10. The molecule has 2 N–H and O–H groups in total. The van der Waals surface area contributed by atoms with E-state index in [1.54, 1.807) is 37.4 Å². The van der Waals surface area contributed by atoms with E-state index in [2.05, 4.69) is 27.4 Å². The number of hydrogen-bond acceptors (Lipinski definition) is 6. The number of fused-ring (bicyclic) bond motifs is 1. The number of anilines is 2. The van der Waals surface area contributed by atoms with Gasteiger partial charge in [-0.1, -0.05) is 12.0 Å². The minimum atomic E-state index is -4.43. The lowest BCUT2D eigenvalue weighted by atomic mass is 10.0. The fraction of sp³-hybridized carbons (Fsp3) is 0.467. The van der Waals surface area contributed by atoms with Gasteiger partial charge in [0.05, 0.1) is 23.4 Å². The van der Waals surface area contributed by atoms with Crippen molar-refractivity contribution < 1.29 is 31.6 Å². The molecule has 7 nitrogen and oxygen atoms in total. The van der Waals surface area contributed by atoms with Gasteiger partial charge in [0.2, 0.25) is 6.86 Å². The number of halogens is 4. The molecule has 0 aliphatic carbocycles. The van der Waals surface area contributed by atoms with Crippen molar-refractivity contribution in [3.63, 3.8) is 0 Å². The second-order valence-corrected chi connectivity index (χ2v) is 11.5. The maximum absolute atomic E-state index is 13.6. The lowest BCUT2D eigenvalue weighted by molar-refractivity contribution is -0.140. The SMILES string of the molecule is COCCCN1CCC(Nc2cccc3c2cc(C#CCNc2ccc([S+](C)[O-])cc2OCF)n3CC(F)(F)F)CC1. The zero-order valence-electron chi connectivity index (χ0n) is 23.7. The Morgan fingerprint density at radius 2 is 1.90 bits per heavy atom. The summed E-state index contributed by atoms with van der Waals surface area (Å²) in [6, 6.07) is 11.9. The average molecular weight is 609 g/mol. The van der Waals surface area contributed by atoms with Gasteiger partial charge < -0.3 is 34.1 Å². The Morgan fingerprint density at radius 1 is 1.12 bits per heavy atom. The average Bonchev–Trinajstić information content (AvgIpc) is 3.29. The van der Waals surface area contributed by atoms with Crippen LogP contribution >= 0.6 is 0 Å². The van der Waals surface area contributed by atoms with Crippen LogP contribution in [0.15, 0.2) is 47.4 Å². The highest BCUT2D eigenvalue weighted by molar-refractivity contribution is 7.90. The van der Waals surface area contributed by atoms with Crippen molar-refractivity contribution in [1.82, 2.24) is 9.47 Å². The second kappa shape index (κ2) is 14.9. The molecule has 0 radical (unpaired) electrons. The smallest absolute Gasteiger partial charge is 0.406 e. The van der Waals surface area contributed by atoms with Crippen molar-refractivity contribution in [2.24, 2.45) is 0 Å². The van der Waals surface area contributed by atoms with Gasteiger partial charge in [-0.15, -0.1) is 0 Å². The summed E-state index contributed by atoms with van der Waals surface area (Å²) in [6.45, 7) is 1.46. The number of aromatic nitrogens is 1. The third-order valence-electron chi connectivity index (χ3n) is 7.13. The highest BCUT2D eigenvalue weighted by Crippen LogP contribution is 2.32. The van der Waals surface area contributed by atoms with Crippen LogP contribution in [-0.2, 0) is 22.5 Å². The van der Waals surface area contributed by atoms with Crippen molar-refractivity contribution >= 4 is 33.5 Å². The van der Waals surface area contributed by atoms with E-state index >= 15 is 0 Å². The van der Waals surface area contributed by atoms with E-state index in [1.807, 2.05) is 6.07 Å². The van der Waals surface area contributed by atoms with Gasteiger partial charge >= 0.3 is 6.18 Å². The molecule has 1 unspecified atom stereocenters. The first-order valence-corrected chi connectivity index (χ1v) is 15.3. The molecular weight excluding hydrogens is 572 g/mol. The summed E-state index contributed by atoms with van der Waals surface area (Å²) in [7, 11) is 1.70. The zero-order chi connectivity index (χ0) is 30.1. The van der Waals surface area contributed by atoms with Gasteiger partial charge in [-0.25, -0.2) is 4.39 Å². The van der Waals surface area contributed by atoms with Crippen LogP contribution in [0.5, 0.6) is 5.75 Å². The maximum atomic E-state index is 13.6. The molecule has 1 saturated heterocycles. The van der Waals surface area contributed by atoms with Gasteiger partial charge in [-0.2, -0.15) is 13.2 Å². The predicted molar refractivity (Wildman–Crippen MR) is 158 cm³/mol. The van der Waals surface area contributed by atoms with Crippen LogP contribution < -0.4 is 15.4 Å². The van der Waals surface area contributed by atoms with Crippen molar-refractivity contribution in [2.45, 2.75) is 42.9 Å². The Labute approximate surface area is 246 Å². The number of benzene rings is 2. The van der Waals surface area contributed by atoms with Crippen molar-refractivity contribution in [3.8, 4) is 17.6 Å². The number of piperidine rings is 1. The quantitative estimate of drug-likeness (QED) is 0.120. The van der Waals surface area contributed by atoms with Gasteiger partial charge in [0.25, 0.3) is 0 Å². The predicted octanol–water partition coefficient (Wildman–Crippen LogP) is 5.62. The highest BCUT2D eigenvalue weighted by Gasteiger charge is 2.30. The minimum Gasteiger partial charge on any atom is -0.612 e. The molecule has 2 heterocycles. The monoisotopic (exact) mass is 608 g/mol. The Kier molecular flexibility index (Phi) is 11.3. The van der Waals surface area contributed by atoms with Crippen molar-refractivity contribution in [3.05, 3.63) is 48.2 Å². The first kappa shape index (κ1) is 31.8. The summed E-state index contributed by atoms with van der Waals surface area (Å²) in [6.07, 6.45) is -0.0654. The number of ether oxygens (including phenoxy) is 2. The summed E-state index contributed by atoms with van der Waals surface area (Å²) in [5, 5.41) is 7.25. The number of methoxy groups -OCH3 is 1. The van der Waals surface area contributed by atoms with E-state index < -0.39 is 30.8 Å². The van der Waals surface area contributed by atoms with Gasteiger partial charge in [0.1, 0.15) is 12.8 Å². The molecule has 12 heteroatoms. The zero-order valence-corrected chi connectivity index (χ0v) is 24.5. The largest absolute Gasteiger partial charge is 0.612 e. The number of alkyl halides is 4. The summed E-state index contributed by atoms with van der Waals surface area (Å²) in [4.78, 5) is 2.88. The molecule has 1 fully saturated rings. The molecule has 4 rings (SSSR count). The lowest BCUT2D eigenvalue weighted by Gasteiger charge is -2.33. The third-order valence-corrected chi connectivity index (χ3v) is 8.05. The topological polar surface area (TPSA) is 73.8 Å². The first-order valence-electron chi connectivity index (χ1n) is 13.7. The maximum Gasteiger partial charge on any atom is 0.406 e. The molecule has 1 aromatic heterocycles. The molecule has 0 saturated carbocycles. The van der Waals surface area contributed by atoms with Crippen LogP contribution in [0.4, 0.5) is 28.9 Å². The Morgan fingerprint density at radius 3 is 2.60 bits per heavy atom. The van der Waals surface area contributed by atoms with Gasteiger partial charge in [0.15, 0.2) is 10.6 Å². The summed E-state index contributed by atoms with van der Waals surface area (Å²) in [5.74, 6) is 5.93. The molecule has 42 heavy (non-hydrogen) atoms. The molecule has 1 aliphatic heterocycles. The van der Waals surface area contributed by atoms with Crippen molar-refractivity contribution in [1.29, 1.82) is 0 Å². The number of rotatable bonds is 12. The van der Waals surface area contributed by atoms with Crippen molar-refractivity contribution in [2.75, 3.05) is 63.6 Å². The fourth-order valence-corrected chi connectivity index (χ4v) is 5.63. The molecule has 1 aliphatic rings. The van der Waals surface area contributed by atoms with Gasteiger partial charge in [-0.05, 0) is 66.7 Å². The number of likely N-dealkylation sites (tertiary alicyclic amines) is 1. The van der Waals surface area contributed by atoms with E-state index in [0.717, 1.165) is 51.2 Å². The van der Waals surface area contributed by atoms with E-state index in [1.165, 1.54) is 16.9 Å². The summed E-state index contributed by atoms with van der Waals surface area (Å²) in [5.41, 5.74) is 1.91. The van der Waals surface area contributed by atoms with E-state index in [9.17, 15) is 22.1 Å². The van der Waals surface area contributed by atoms with Gasteiger partial charge in [-0.3, -0.25) is 0 Å². The first-order chi connectivity index (χ1) is 20.2. The lowest BCUT2D eigenvalue weighted by Crippen LogP contribution is -2.39. The second-order valence-electron chi connectivity index (χ2n) is 10.1. The highest BCUT2D eigenvalue weighted by atomic mass is 32.2. The van der Waals surface area contributed by atoms with E-state index in [0.29, 0.717) is 21.5 Å². The summed E-state index contributed by atoms with van der Waals surface area (Å²) < 4.78 is 76.7. The minimum absolute atomic E-state index is 0.0683. The molecule has 0 bridgehead atoms. The van der Waals surface area contributed by atoms with Crippen LogP contribution in [0.2, 0.25) is 0 Å². The van der Waals surface area contributed by atoms with Crippen LogP contribution in [0.3, 0.4) is 0 Å². The Hall–Kier alpha value is -3.11. The molecule has 228 valence electrons. The molecule has 2 aromatic carbocycles. The molecule has 1 atom stereocenters. The number of hydrogen-bond donors (Lipinski definition) is 2. The third kappa shape index (κ3) is 8.70.